The topological polar surface area (TPSA) is 119 Å². The number of hydrogen-bond acceptors (Lipinski definition) is 7. The minimum absolute atomic E-state index is 0.0464. The van der Waals surface area contributed by atoms with Crippen molar-refractivity contribution < 1.29 is 27.5 Å². The van der Waals surface area contributed by atoms with Crippen LogP contribution in [0.3, 0.4) is 0 Å². The van der Waals surface area contributed by atoms with Crippen LogP contribution < -0.4 is 10.6 Å². The Balaban J connectivity index is 1.98. The van der Waals surface area contributed by atoms with E-state index in [1.165, 1.54) is 11.8 Å². The van der Waals surface area contributed by atoms with E-state index in [-0.39, 0.29) is 22.5 Å². The van der Waals surface area contributed by atoms with E-state index in [1.807, 2.05) is 0 Å². The van der Waals surface area contributed by atoms with E-state index in [0.29, 0.717) is 18.5 Å². The summed E-state index contributed by atoms with van der Waals surface area (Å²) >= 11 is 1.20. The van der Waals surface area contributed by atoms with Gasteiger partial charge in [-0.3, -0.25) is 14.9 Å². The van der Waals surface area contributed by atoms with Gasteiger partial charge in [-0.05, 0) is 13.3 Å². The van der Waals surface area contributed by atoms with Crippen LogP contribution in [-0.4, -0.2) is 55.4 Å². The zero-order chi connectivity index (χ0) is 19.9. The van der Waals surface area contributed by atoms with E-state index in [1.54, 1.807) is 37.3 Å². The summed E-state index contributed by atoms with van der Waals surface area (Å²) in [5.74, 6) is -1.30. The number of sulfone groups is 1. The number of hydrogen-bond donors (Lipinski definition) is 2. The number of ether oxygens (including phenoxy) is 1. The number of rotatable bonds is 7. The highest BCUT2D eigenvalue weighted by molar-refractivity contribution is 8.02. The minimum atomic E-state index is -3.02. The Morgan fingerprint density at radius 3 is 2.56 bits per heavy atom. The smallest absolute Gasteiger partial charge is 0.321 e. The number of nitrogens with one attached hydrogen (secondary N) is 2. The van der Waals surface area contributed by atoms with Gasteiger partial charge in [-0.2, -0.15) is 0 Å². The van der Waals surface area contributed by atoms with E-state index < -0.39 is 33.8 Å². The van der Waals surface area contributed by atoms with E-state index in [4.69, 9.17) is 4.74 Å². The van der Waals surface area contributed by atoms with Crippen molar-refractivity contribution in [3.8, 4) is 0 Å². The maximum atomic E-state index is 12.4. The fourth-order valence-electron chi connectivity index (χ4n) is 2.53. The Bertz CT molecular complexity index is 782. The molecule has 8 nitrogen and oxygen atoms in total. The Morgan fingerprint density at radius 1 is 1.26 bits per heavy atom. The first-order valence-electron chi connectivity index (χ1n) is 8.46. The van der Waals surface area contributed by atoms with Crippen LogP contribution in [-0.2, 0) is 24.2 Å². The summed E-state index contributed by atoms with van der Waals surface area (Å²) in [6.45, 7) is 2.05. The van der Waals surface area contributed by atoms with Gasteiger partial charge in [0.25, 0.3) is 5.91 Å². The van der Waals surface area contributed by atoms with Gasteiger partial charge in [-0.15, -0.1) is 11.8 Å². The molecule has 1 aromatic rings. The molecule has 1 aromatic carbocycles. The average molecular weight is 415 g/mol. The van der Waals surface area contributed by atoms with Gasteiger partial charge in [-0.25, -0.2) is 13.2 Å². The van der Waals surface area contributed by atoms with Crippen LogP contribution in [0.15, 0.2) is 30.3 Å². The zero-order valence-electron chi connectivity index (χ0n) is 14.8. The molecule has 27 heavy (non-hydrogen) atoms. The van der Waals surface area contributed by atoms with E-state index >= 15 is 0 Å². The highest BCUT2D eigenvalue weighted by Crippen LogP contribution is 2.25. The first-order valence-corrected chi connectivity index (χ1v) is 11.3. The lowest BCUT2D eigenvalue weighted by Crippen LogP contribution is -2.42. The molecule has 10 heteroatoms. The monoisotopic (exact) mass is 414 g/mol. The van der Waals surface area contributed by atoms with Crippen molar-refractivity contribution in [3.05, 3.63) is 35.9 Å². The number of amides is 3. The fraction of sp³-hybridized carbons (Fsp3) is 0.471. The van der Waals surface area contributed by atoms with Gasteiger partial charge in [0.1, 0.15) is 0 Å². The minimum Gasteiger partial charge on any atom is -0.447 e. The molecule has 0 aromatic heterocycles. The highest BCUT2D eigenvalue weighted by atomic mass is 32.2. The molecule has 0 bridgehead atoms. The maximum absolute atomic E-state index is 12.4. The van der Waals surface area contributed by atoms with Crippen LogP contribution in [0.5, 0.6) is 0 Å². The predicted octanol–water partition coefficient (Wildman–Crippen LogP) is 1.04. The lowest BCUT2D eigenvalue weighted by atomic mass is 10.1. The van der Waals surface area contributed by atoms with Crippen molar-refractivity contribution in [2.45, 2.75) is 24.7 Å². The van der Waals surface area contributed by atoms with Gasteiger partial charge in [0.15, 0.2) is 9.84 Å². The van der Waals surface area contributed by atoms with Gasteiger partial charge in [0.2, 0.25) is 6.10 Å². The summed E-state index contributed by atoms with van der Waals surface area (Å²) in [4.78, 5) is 36.2. The molecule has 2 atom stereocenters. The third-order valence-corrected chi connectivity index (χ3v) is 7.05. The van der Waals surface area contributed by atoms with Crippen LogP contribution in [0, 0.1) is 0 Å². The number of esters is 1. The molecule has 1 saturated heterocycles. The molecule has 1 heterocycles. The molecule has 0 saturated carbocycles. The second-order valence-electron chi connectivity index (χ2n) is 5.97. The first kappa shape index (κ1) is 21.2. The largest absolute Gasteiger partial charge is 0.447 e. The molecule has 0 radical (unpaired) electrons. The third kappa shape index (κ3) is 6.87. The van der Waals surface area contributed by atoms with E-state index in [2.05, 4.69) is 10.6 Å². The van der Waals surface area contributed by atoms with Gasteiger partial charge in [0, 0.05) is 17.4 Å². The third-order valence-electron chi connectivity index (χ3n) is 3.79. The van der Waals surface area contributed by atoms with Crippen LogP contribution in [0.4, 0.5) is 4.79 Å². The average Bonchev–Trinajstić information content (AvgIpc) is 2.97. The first-order chi connectivity index (χ1) is 12.8. The van der Waals surface area contributed by atoms with Crippen LogP contribution in [0.2, 0.25) is 0 Å². The van der Waals surface area contributed by atoms with E-state index in [9.17, 15) is 22.8 Å². The molecule has 3 amide bonds. The molecule has 2 rings (SSSR count). The summed E-state index contributed by atoms with van der Waals surface area (Å²) in [6.07, 6.45) is -0.769. The molecule has 1 fully saturated rings. The molecular formula is C17H22N2O6S2. The van der Waals surface area contributed by atoms with Gasteiger partial charge < -0.3 is 10.1 Å². The number of benzene rings is 1. The lowest BCUT2D eigenvalue weighted by Gasteiger charge is -2.18. The SMILES string of the molecule is CCNC(=O)NC(=O)[C@H](OC(=O)CS[C@@H]1CCS(=O)(=O)C1)c1ccccc1. The van der Waals surface area contributed by atoms with Gasteiger partial charge in [0.05, 0.1) is 17.3 Å². The number of imide groups is 1. The van der Waals surface area contributed by atoms with Crippen molar-refractivity contribution in [2.24, 2.45) is 0 Å². The van der Waals surface area contributed by atoms with Crippen molar-refractivity contribution >= 4 is 39.5 Å². The van der Waals surface area contributed by atoms with Crippen LogP contribution in [0.25, 0.3) is 0 Å². The Hall–Kier alpha value is -2.07. The van der Waals surface area contributed by atoms with Crippen molar-refractivity contribution in [2.75, 3.05) is 23.8 Å². The zero-order valence-corrected chi connectivity index (χ0v) is 16.5. The van der Waals surface area contributed by atoms with Crippen LogP contribution in [0.1, 0.15) is 25.0 Å². The highest BCUT2D eigenvalue weighted by Gasteiger charge is 2.30. The summed E-state index contributed by atoms with van der Waals surface area (Å²) in [7, 11) is -3.02. The summed E-state index contributed by atoms with van der Waals surface area (Å²) in [5.41, 5.74) is 0.432. The number of carbonyl (C=O) groups excluding carboxylic acids is 3. The van der Waals surface area contributed by atoms with Crippen molar-refractivity contribution in [1.29, 1.82) is 0 Å². The molecule has 2 N–H and O–H groups in total. The second-order valence-corrected chi connectivity index (χ2v) is 9.48. The fourth-order valence-corrected chi connectivity index (χ4v) is 5.95. The van der Waals surface area contributed by atoms with Crippen molar-refractivity contribution in [1.82, 2.24) is 10.6 Å². The molecule has 0 spiro atoms. The van der Waals surface area contributed by atoms with E-state index in [0.717, 1.165) is 0 Å². The molecule has 1 aliphatic rings. The summed E-state index contributed by atoms with van der Waals surface area (Å²) < 4.78 is 28.2. The molecule has 1 aliphatic heterocycles. The van der Waals surface area contributed by atoms with Gasteiger partial charge >= 0.3 is 12.0 Å². The quantitative estimate of drug-likeness (QED) is 0.640. The molecular weight excluding hydrogens is 392 g/mol. The normalized spacial score (nSPS) is 19.1. The predicted molar refractivity (Wildman–Crippen MR) is 102 cm³/mol. The number of urea groups is 1. The standard InChI is InChI=1S/C17H22N2O6S2/c1-2-18-17(22)19-16(21)15(12-6-4-3-5-7-12)25-14(20)10-26-13-8-9-27(23,24)11-13/h3-7,13,15H,2,8-11H2,1H3,(H2,18,19,21,22)/t13-,15-/m1/s1. The number of thioether (sulfide) groups is 1. The second kappa shape index (κ2) is 9.75. The molecule has 148 valence electrons. The summed E-state index contributed by atoms with van der Waals surface area (Å²) in [6, 6.07) is 7.68. The molecule has 0 aliphatic carbocycles. The maximum Gasteiger partial charge on any atom is 0.321 e. The summed E-state index contributed by atoms with van der Waals surface area (Å²) in [5, 5.41) is 4.42. The Kier molecular flexibility index (Phi) is 7.66. The lowest BCUT2D eigenvalue weighted by molar-refractivity contribution is -0.153. The van der Waals surface area contributed by atoms with Crippen molar-refractivity contribution in [3.63, 3.8) is 0 Å². The Morgan fingerprint density at radius 2 is 1.96 bits per heavy atom. The van der Waals surface area contributed by atoms with Gasteiger partial charge in [-0.1, -0.05) is 30.3 Å². The molecule has 0 unspecified atom stereocenters. The number of carbonyl (C=O) groups is 3. The Labute approximate surface area is 162 Å². The van der Waals surface area contributed by atoms with Crippen LogP contribution >= 0.6 is 11.8 Å².